The molecule has 0 N–H and O–H groups in total. The SMILES string of the molecule is CCCCCCCCOc1ccc2ccc3c4ccc5cccc6ccc(c7ccc1c2c37)c4c56. The minimum Gasteiger partial charge on any atom is -0.493 e. The van der Waals surface area contributed by atoms with Crippen LogP contribution in [-0.4, -0.2) is 6.61 Å². The molecule has 0 heterocycles. The first kappa shape index (κ1) is 20.8. The molecule has 0 bridgehead atoms. The Morgan fingerprint density at radius 2 is 0.971 bits per heavy atom. The summed E-state index contributed by atoms with van der Waals surface area (Å²) < 4.78 is 6.37. The van der Waals surface area contributed by atoms with E-state index in [0.29, 0.717) is 0 Å². The van der Waals surface area contributed by atoms with Crippen LogP contribution >= 0.6 is 0 Å². The van der Waals surface area contributed by atoms with Crippen molar-refractivity contribution in [1.82, 2.24) is 0 Å². The van der Waals surface area contributed by atoms with Crippen molar-refractivity contribution in [2.75, 3.05) is 6.61 Å². The molecule has 172 valence electrons. The molecule has 1 nitrogen and oxygen atoms in total. The van der Waals surface area contributed by atoms with Crippen molar-refractivity contribution >= 4 is 64.6 Å². The van der Waals surface area contributed by atoms with Gasteiger partial charge in [0.15, 0.2) is 0 Å². The molecule has 0 saturated heterocycles. The summed E-state index contributed by atoms with van der Waals surface area (Å²) in [6.45, 7) is 3.06. The van der Waals surface area contributed by atoms with Crippen molar-refractivity contribution in [2.45, 2.75) is 45.4 Å². The van der Waals surface area contributed by atoms with Gasteiger partial charge in [0.25, 0.3) is 0 Å². The predicted molar refractivity (Wildman–Crippen MR) is 153 cm³/mol. The molecule has 0 unspecified atom stereocenters. The fourth-order valence-corrected chi connectivity index (χ4v) is 6.29. The summed E-state index contributed by atoms with van der Waals surface area (Å²) in [5.41, 5.74) is 0. The van der Waals surface area contributed by atoms with Gasteiger partial charge in [0, 0.05) is 10.8 Å². The highest BCUT2D eigenvalue weighted by molar-refractivity contribution is 6.39. The lowest BCUT2D eigenvalue weighted by molar-refractivity contribution is 0.308. The van der Waals surface area contributed by atoms with E-state index >= 15 is 0 Å². The van der Waals surface area contributed by atoms with E-state index in [2.05, 4.69) is 85.8 Å². The Bertz CT molecular complexity index is 1740. The van der Waals surface area contributed by atoms with Crippen LogP contribution in [0.25, 0.3) is 64.6 Å². The topological polar surface area (TPSA) is 9.23 Å². The Morgan fingerprint density at radius 1 is 0.457 bits per heavy atom. The van der Waals surface area contributed by atoms with Gasteiger partial charge in [-0.2, -0.15) is 0 Å². The van der Waals surface area contributed by atoms with Crippen molar-refractivity contribution in [2.24, 2.45) is 0 Å². The normalized spacial score (nSPS) is 12.4. The molecule has 0 radical (unpaired) electrons. The number of hydrogen-bond acceptors (Lipinski definition) is 1. The molecule has 0 aromatic heterocycles. The summed E-state index contributed by atoms with van der Waals surface area (Å²) >= 11 is 0. The summed E-state index contributed by atoms with van der Waals surface area (Å²) in [6, 6.07) is 29.5. The van der Waals surface area contributed by atoms with Crippen molar-refractivity contribution in [3.63, 3.8) is 0 Å². The Kier molecular flexibility index (Phi) is 4.91. The van der Waals surface area contributed by atoms with E-state index in [1.54, 1.807) is 0 Å². The zero-order valence-electron chi connectivity index (χ0n) is 20.4. The van der Waals surface area contributed by atoms with Crippen LogP contribution in [0.5, 0.6) is 5.75 Å². The third-order valence-corrected chi connectivity index (χ3v) is 7.99. The van der Waals surface area contributed by atoms with E-state index < -0.39 is 0 Å². The van der Waals surface area contributed by atoms with Crippen LogP contribution < -0.4 is 4.74 Å². The molecule has 0 fully saturated rings. The molecule has 0 aliphatic carbocycles. The molecule has 0 amide bonds. The monoisotopic (exact) mass is 454 g/mol. The van der Waals surface area contributed by atoms with Crippen molar-refractivity contribution in [3.8, 4) is 5.75 Å². The summed E-state index contributed by atoms with van der Waals surface area (Å²) in [6.07, 6.45) is 7.68. The smallest absolute Gasteiger partial charge is 0.127 e. The van der Waals surface area contributed by atoms with E-state index in [1.165, 1.54) is 96.7 Å². The summed E-state index contributed by atoms with van der Waals surface area (Å²) in [5.74, 6) is 1.02. The molecule has 0 atom stereocenters. The first-order chi connectivity index (χ1) is 17.3. The summed E-state index contributed by atoms with van der Waals surface area (Å²) in [5, 5.41) is 16.0. The third kappa shape index (κ3) is 3.14. The molecule has 0 aliphatic heterocycles. The second kappa shape index (κ2) is 8.27. The van der Waals surface area contributed by atoms with E-state index in [1.807, 2.05) is 0 Å². The number of fused-ring (bicyclic) bond motifs is 2. The van der Waals surface area contributed by atoms with Gasteiger partial charge in [-0.1, -0.05) is 106 Å². The zero-order valence-corrected chi connectivity index (χ0v) is 20.4. The molecular formula is C34H30O. The molecule has 1 heteroatoms. The Morgan fingerprint density at radius 3 is 1.66 bits per heavy atom. The van der Waals surface area contributed by atoms with Gasteiger partial charge in [0.2, 0.25) is 0 Å². The number of rotatable bonds is 8. The Balaban J connectivity index is 1.40. The standard InChI is InChI=1S/C34H30O/c1-2-3-4-5-6-7-21-35-30-20-14-24-13-17-27-25-15-11-22-9-8-10-23-12-16-26(33(25)31(22)23)28-18-19-29(30)32(24)34(27)28/h8-20H,2-7,21H2,1H3. The number of benzene rings is 7. The van der Waals surface area contributed by atoms with Crippen molar-refractivity contribution in [1.29, 1.82) is 0 Å². The van der Waals surface area contributed by atoms with Gasteiger partial charge < -0.3 is 4.74 Å². The van der Waals surface area contributed by atoms with Gasteiger partial charge in [-0.15, -0.1) is 0 Å². The highest BCUT2D eigenvalue weighted by atomic mass is 16.5. The lowest BCUT2D eigenvalue weighted by Crippen LogP contribution is -1.98. The molecule has 0 aliphatic rings. The number of ether oxygens (including phenoxy) is 1. The average Bonchev–Trinajstić information content (AvgIpc) is 2.90. The van der Waals surface area contributed by atoms with Crippen LogP contribution in [0.15, 0.2) is 78.9 Å². The Hall–Kier alpha value is -3.58. The van der Waals surface area contributed by atoms with Crippen molar-refractivity contribution < 1.29 is 4.74 Å². The van der Waals surface area contributed by atoms with Crippen LogP contribution in [0.1, 0.15) is 45.4 Å². The molecule has 7 rings (SSSR count). The first-order valence-electron chi connectivity index (χ1n) is 13.2. The van der Waals surface area contributed by atoms with Crippen LogP contribution in [0.4, 0.5) is 0 Å². The van der Waals surface area contributed by atoms with Gasteiger partial charge in [-0.05, 0) is 72.4 Å². The van der Waals surface area contributed by atoms with Gasteiger partial charge in [-0.25, -0.2) is 0 Å². The van der Waals surface area contributed by atoms with Gasteiger partial charge in [0.05, 0.1) is 6.61 Å². The van der Waals surface area contributed by atoms with Gasteiger partial charge in [-0.3, -0.25) is 0 Å². The second-order valence-corrected chi connectivity index (χ2v) is 10.1. The number of unbranched alkanes of at least 4 members (excludes halogenated alkanes) is 5. The van der Waals surface area contributed by atoms with Crippen LogP contribution in [0.3, 0.4) is 0 Å². The molecule has 35 heavy (non-hydrogen) atoms. The minimum absolute atomic E-state index is 0.793. The maximum atomic E-state index is 6.37. The van der Waals surface area contributed by atoms with E-state index in [-0.39, 0.29) is 0 Å². The number of hydrogen-bond donors (Lipinski definition) is 0. The zero-order chi connectivity index (χ0) is 23.4. The highest BCUT2D eigenvalue weighted by Gasteiger charge is 2.18. The molecule has 7 aromatic carbocycles. The maximum Gasteiger partial charge on any atom is 0.127 e. The third-order valence-electron chi connectivity index (χ3n) is 7.99. The van der Waals surface area contributed by atoms with Crippen molar-refractivity contribution in [3.05, 3.63) is 78.9 Å². The van der Waals surface area contributed by atoms with Gasteiger partial charge in [0.1, 0.15) is 5.75 Å². The fraction of sp³-hybridized carbons (Fsp3) is 0.235. The van der Waals surface area contributed by atoms with E-state index in [0.717, 1.165) is 18.8 Å². The average molecular weight is 455 g/mol. The second-order valence-electron chi connectivity index (χ2n) is 10.1. The first-order valence-corrected chi connectivity index (χ1v) is 13.2. The molecule has 0 spiro atoms. The maximum absolute atomic E-state index is 6.37. The highest BCUT2D eigenvalue weighted by Crippen LogP contribution is 2.46. The van der Waals surface area contributed by atoms with E-state index in [9.17, 15) is 0 Å². The van der Waals surface area contributed by atoms with E-state index in [4.69, 9.17) is 4.74 Å². The summed E-state index contributed by atoms with van der Waals surface area (Å²) in [4.78, 5) is 0. The molecule has 7 aromatic rings. The van der Waals surface area contributed by atoms with Crippen LogP contribution in [-0.2, 0) is 0 Å². The fourth-order valence-electron chi connectivity index (χ4n) is 6.29. The lowest BCUT2D eigenvalue weighted by Gasteiger charge is -2.19. The van der Waals surface area contributed by atoms with Crippen LogP contribution in [0.2, 0.25) is 0 Å². The summed E-state index contributed by atoms with van der Waals surface area (Å²) in [7, 11) is 0. The molecular weight excluding hydrogens is 424 g/mol. The van der Waals surface area contributed by atoms with Gasteiger partial charge >= 0.3 is 0 Å². The predicted octanol–water partition coefficient (Wildman–Crippen LogP) is 10.2. The minimum atomic E-state index is 0.793. The quantitative estimate of drug-likeness (QED) is 0.126. The largest absolute Gasteiger partial charge is 0.493 e. The Labute approximate surface area is 206 Å². The van der Waals surface area contributed by atoms with Crippen LogP contribution in [0, 0.1) is 0 Å². The lowest BCUT2D eigenvalue weighted by atomic mass is 9.85. The molecule has 0 saturated carbocycles.